The highest BCUT2D eigenvalue weighted by Gasteiger charge is 2.30. The molecule has 0 radical (unpaired) electrons. The summed E-state index contributed by atoms with van der Waals surface area (Å²) in [5.74, 6) is 0.585. The Morgan fingerprint density at radius 2 is 0.478 bits per heavy atom. The summed E-state index contributed by atoms with van der Waals surface area (Å²) < 4.78 is 0. The number of aromatic hydroxyl groups is 4. The molecule has 67 heavy (non-hydrogen) atoms. The number of benzene rings is 8. The molecule has 0 aromatic heterocycles. The van der Waals surface area contributed by atoms with Crippen LogP contribution < -0.4 is 0 Å². The monoisotopic (exact) mass is 884 g/mol. The predicted octanol–water partition coefficient (Wildman–Crippen LogP) is 14.6. The molecule has 0 atom stereocenters. The lowest BCUT2D eigenvalue weighted by molar-refractivity contribution is 0.453. The minimum absolute atomic E-state index is 0.127. The van der Waals surface area contributed by atoms with E-state index in [1.54, 1.807) is 12.1 Å². The molecule has 4 heteroatoms. The van der Waals surface area contributed by atoms with E-state index in [0.717, 1.165) is 33.4 Å². The van der Waals surface area contributed by atoms with Crippen molar-refractivity contribution in [2.75, 3.05) is 0 Å². The average molecular weight is 885 g/mol. The van der Waals surface area contributed by atoms with Crippen molar-refractivity contribution in [2.45, 2.75) is 96.3 Å². The van der Waals surface area contributed by atoms with Crippen LogP contribution in [0.4, 0.5) is 0 Å². The van der Waals surface area contributed by atoms with Gasteiger partial charge in [-0.1, -0.05) is 225 Å². The van der Waals surface area contributed by atoms with Crippen LogP contribution in [0.5, 0.6) is 23.0 Å². The predicted molar refractivity (Wildman–Crippen MR) is 275 cm³/mol. The van der Waals surface area contributed by atoms with E-state index in [2.05, 4.69) is 140 Å². The van der Waals surface area contributed by atoms with Gasteiger partial charge in [0, 0.05) is 40.9 Å². The molecule has 4 nitrogen and oxygen atoms in total. The molecular weight excluding hydrogens is 821 g/mol. The summed E-state index contributed by atoms with van der Waals surface area (Å²) in [7, 11) is 0. The highest BCUT2D eigenvalue weighted by Crippen LogP contribution is 2.43. The van der Waals surface area contributed by atoms with Crippen LogP contribution in [-0.4, -0.2) is 20.4 Å². The first kappa shape index (κ1) is 46.5. The topological polar surface area (TPSA) is 80.9 Å². The Hall–Kier alpha value is -7.04. The number of hydrogen-bond donors (Lipinski definition) is 4. The molecule has 0 saturated heterocycles. The fraction of sp³-hybridized carbons (Fsp3) is 0.238. The van der Waals surface area contributed by atoms with Gasteiger partial charge in [0.25, 0.3) is 0 Å². The molecule has 0 saturated carbocycles. The Balaban J connectivity index is 1.26. The molecule has 0 fully saturated rings. The third-order valence-electron chi connectivity index (χ3n) is 14.7. The van der Waals surface area contributed by atoms with Crippen LogP contribution in [0.25, 0.3) is 0 Å². The fourth-order valence-corrected chi connectivity index (χ4v) is 9.71. The second-order valence-electron chi connectivity index (χ2n) is 20.5. The van der Waals surface area contributed by atoms with Gasteiger partial charge in [-0.2, -0.15) is 0 Å². The van der Waals surface area contributed by atoms with E-state index < -0.39 is 10.8 Å². The van der Waals surface area contributed by atoms with Gasteiger partial charge in [0.2, 0.25) is 0 Å². The van der Waals surface area contributed by atoms with Gasteiger partial charge in [-0.15, -0.1) is 0 Å². The fourth-order valence-electron chi connectivity index (χ4n) is 9.71. The zero-order chi connectivity index (χ0) is 47.7. The normalized spacial score (nSPS) is 12.3. The molecule has 340 valence electrons. The summed E-state index contributed by atoms with van der Waals surface area (Å²) in [4.78, 5) is 0. The van der Waals surface area contributed by atoms with Gasteiger partial charge in [-0.05, 0) is 90.0 Å². The van der Waals surface area contributed by atoms with Gasteiger partial charge in [0.1, 0.15) is 23.0 Å². The third kappa shape index (κ3) is 9.36. The van der Waals surface area contributed by atoms with Gasteiger partial charge in [0.05, 0.1) is 0 Å². The number of rotatable bonds is 14. The Morgan fingerprint density at radius 3 is 0.746 bits per heavy atom. The van der Waals surface area contributed by atoms with Crippen LogP contribution in [0, 0.1) is 0 Å². The summed E-state index contributed by atoms with van der Waals surface area (Å²) in [6.07, 6.45) is 0.805. The van der Waals surface area contributed by atoms with Crippen molar-refractivity contribution in [1.82, 2.24) is 0 Å². The molecule has 4 N–H and O–H groups in total. The van der Waals surface area contributed by atoms with Crippen molar-refractivity contribution in [2.24, 2.45) is 0 Å². The highest BCUT2D eigenvalue weighted by molar-refractivity contribution is 5.58. The Labute approximate surface area is 397 Å². The molecule has 0 bridgehead atoms. The van der Waals surface area contributed by atoms with E-state index in [1.165, 1.54) is 11.1 Å². The van der Waals surface area contributed by atoms with Crippen LogP contribution in [-0.2, 0) is 40.9 Å². The molecule has 0 spiro atoms. The zero-order valence-electron chi connectivity index (χ0n) is 40.2. The van der Waals surface area contributed by atoms with E-state index >= 15 is 0 Å². The Morgan fingerprint density at radius 1 is 0.254 bits per heavy atom. The van der Waals surface area contributed by atoms with E-state index in [1.807, 2.05) is 84.9 Å². The van der Waals surface area contributed by atoms with Crippen molar-refractivity contribution in [1.29, 1.82) is 0 Å². The quantitative estimate of drug-likeness (QED) is 0.0877. The van der Waals surface area contributed by atoms with Crippen molar-refractivity contribution < 1.29 is 20.4 Å². The van der Waals surface area contributed by atoms with E-state index in [-0.39, 0.29) is 53.1 Å². The smallest absolute Gasteiger partial charge is 0.122 e. The third-order valence-corrected chi connectivity index (χ3v) is 14.7. The number of phenolic OH excluding ortho intramolecular Hbond substituents is 4. The molecular formula is C63H64O4. The summed E-state index contributed by atoms with van der Waals surface area (Å²) in [5, 5.41) is 47.9. The Kier molecular flexibility index (Phi) is 12.7. The maximum Gasteiger partial charge on any atom is 0.122 e. The van der Waals surface area contributed by atoms with E-state index in [4.69, 9.17) is 0 Å². The van der Waals surface area contributed by atoms with Crippen molar-refractivity contribution in [3.8, 4) is 23.0 Å². The molecule has 8 aromatic carbocycles. The largest absolute Gasteiger partial charge is 0.508 e. The van der Waals surface area contributed by atoms with E-state index in [9.17, 15) is 20.4 Å². The molecule has 0 amide bonds. The Bertz CT molecular complexity index is 2800. The van der Waals surface area contributed by atoms with Crippen LogP contribution in [0.3, 0.4) is 0 Å². The number of hydrogen-bond acceptors (Lipinski definition) is 4. The minimum atomic E-state index is -0.460. The summed E-state index contributed by atoms with van der Waals surface area (Å²) in [6.45, 7) is 17.5. The van der Waals surface area contributed by atoms with E-state index in [0.29, 0.717) is 33.4 Å². The molecule has 0 aliphatic rings. The second-order valence-corrected chi connectivity index (χ2v) is 20.5. The molecule has 0 aliphatic carbocycles. The molecule has 0 aliphatic heterocycles. The lowest BCUT2D eigenvalue weighted by atomic mass is 9.75. The molecule has 0 unspecified atom stereocenters. The summed E-state index contributed by atoms with van der Waals surface area (Å²) >= 11 is 0. The zero-order valence-corrected chi connectivity index (χ0v) is 40.2. The maximum atomic E-state index is 12.5. The maximum absolute atomic E-state index is 12.5. The van der Waals surface area contributed by atoms with Crippen LogP contribution in [0.2, 0.25) is 0 Å². The van der Waals surface area contributed by atoms with Crippen molar-refractivity contribution in [3.05, 3.63) is 260 Å². The second kappa shape index (κ2) is 18.3. The van der Waals surface area contributed by atoms with Gasteiger partial charge in [-0.25, -0.2) is 0 Å². The molecule has 0 heterocycles. The van der Waals surface area contributed by atoms with Crippen molar-refractivity contribution >= 4 is 0 Å². The standard InChI is InChI=1S/C63H64O4/c1-60(2,48-21-13-9-14-22-48)52-29-31-56(64)42(36-52)33-44-38-54(62(5,6)50-25-17-11-18-26-50)40-46(58(44)66)35-47-41-55(63(7,8)51-27-19-12-20-28-51)39-45(59(47)67)34-43-37-53(30-32-57(43)65)61(3,4)49-23-15-10-16-24-49/h9-32,36-41,64-67H,33-35H2,1-8H3. The van der Waals surface area contributed by atoms with Gasteiger partial charge in [-0.3, -0.25) is 0 Å². The van der Waals surface area contributed by atoms with Crippen LogP contribution in [0.15, 0.2) is 182 Å². The number of phenols is 4. The lowest BCUT2D eigenvalue weighted by Gasteiger charge is -2.29. The van der Waals surface area contributed by atoms with Crippen LogP contribution in [0.1, 0.15) is 133 Å². The first-order valence-corrected chi connectivity index (χ1v) is 23.4. The van der Waals surface area contributed by atoms with Gasteiger partial charge >= 0.3 is 0 Å². The summed E-state index contributed by atoms with van der Waals surface area (Å²) in [5.41, 5.74) is 11.3. The first-order chi connectivity index (χ1) is 31.9. The SMILES string of the molecule is CC(C)(c1ccccc1)c1ccc(O)c(Cc2cc(C(C)(C)c3ccccc3)cc(Cc3cc(C(C)(C)c4ccccc4)cc(Cc4cc(C(C)(C)c5ccccc5)ccc4O)c3O)c2O)c1. The highest BCUT2D eigenvalue weighted by atomic mass is 16.3. The van der Waals surface area contributed by atoms with Gasteiger partial charge < -0.3 is 20.4 Å². The molecule has 8 rings (SSSR count). The summed E-state index contributed by atoms with van der Waals surface area (Å²) in [6, 6.07) is 61.4. The lowest BCUT2D eigenvalue weighted by Crippen LogP contribution is -2.20. The first-order valence-electron chi connectivity index (χ1n) is 23.4. The van der Waals surface area contributed by atoms with Crippen molar-refractivity contribution in [3.63, 3.8) is 0 Å². The average Bonchev–Trinajstić information content (AvgIpc) is 3.33. The minimum Gasteiger partial charge on any atom is -0.508 e. The molecule has 8 aromatic rings. The van der Waals surface area contributed by atoms with Gasteiger partial charge in [0.15, 0.2) is 0 Å². The van der Waals surface area contributed by atoms with Crippen LogP contribution >= 0.6 is 0 Å².